The van der Waals surface area contributed by atoms with Crippen LogP contribution in [-0.2, 0) is 11.3 Å². The van der Waals surface area contributed by atoms with Crippen molar-refractivity contribution in [2.75, 3.05) is 13.1 Å². The average Bonchev–Trinajstić information content (AvgIpc) is 2.66. The molecular formula is C10H14ClN3O. The van der Waals surface area contributed by atoms with E-state index in [1.807, 2.05) is 4.90 Å². The van der Waals surface area contributed by atoms with Crippen LogP contribution in [-0.4, -0.2) is 33.4 Å². The molecule has 5 heteroatoms. The molecule has 1 aliphatic rings. The minimum atomic E-state index is 0.134. The fraction of sp³-hybridized carbons (Fsp3) is 0.600. The molecule has 0 aliphatic carbocycles. The Hall–Kier alpha value is -1.03. The topological polar surface area (TPSA) is 38.1 Å². The van der Waals surface area contributed by atoms with Crippen molar-refractivity contribution in [3.05, 3.63) is 17.7 Å². The van der Waals surface area contributed by atoms with Crippen molar-refractivity contribution in [3.8, 4) is 0 Å². The Balaban J connectivity index is 1.94. The molecule has 1 fully saturated rings. The van der Waals surface area contributed by atoms with Gasteiger partial charge in [-0.3, -0.25) is 4.79 Å². The summed E-state index contributed by atoms with van der Waals surface area (Å²) < 4.78 is 1.67. The lowest BCUT2D eigenvalue weighted by atomic mass is 10.1. The van der Waals surface area contributed by atoms with Crippen molar-refractivity contribution in [3.63, 3.8) is 0 Å². The predicted molar refractivity (Wildman–Crippen MR) is 57.7 cm³/mol. The summed E-state index contributed by atoms with van der Waals surface area (Å²) in [6, 6.07) is 0. The van der Waals surface area contributed by atoms with Crippen LogP contribution in [0.1, 0.15) is 19.3 Å². The van der Waals surface area contributed by atoms with Gasteiger partial charge in [0.25, 0.3) is 0 Å². The van der Waals surface area contributed by atoms with Gasteiger partial charge in [0.15, 0.2) is 0 Å². The van der Waals surface area contributed by atoms with Gasteiger partial charge in [-0.05, 0) is 30.9 Å². The van der Waals surface area contributed by atoms with E-state index in [0.717, 1.165) is 25.9 Å². The summed E-state index contributed by atoms with van der Waals surface area (Å²) in [6.45, 7) is 2.06. The SMILES string of the molecule is O=C(Cn1ccnc1Cl)N1CCCCC1. The van der Waals surface area contributed by atoms with Gasteiger partial charge in [0.05, 0.1) is 0 Å². The van der Waals surface area contributed by atoms with Crippen LogP contribution in [0, 0.1) is 0 Å². The zero-order valence-corrected chi connectivity index (χ0v) is 9.28. The summed E-state index contributed by atoms with van der Waals surface area (Å²) in [5, 5.41) is 0.375. The van der Waals surface area contributed by atoms with Gasteiger partial charge in [-0.25, -0.2) is 4.98 Å². The third-order valence-electron chi connectivity index (χ3n) is 2.68. The molecule has 1 amide bonds. The highest BCUT2D eigenvalue weighted by molar-refractivity contribution is 6.28. The quantitative estimate of drug-likeness (QED) is 0.769. The van der Waals surface area contributed by atoms with Gasteiger partial charge in [0.1, 0.15) is 6.54 Å². The van der Waals surface area contributed by atoms with Crippen LogP contribution >= 0.6 is 11.6 Å². The number of rotatable bonds is 2. The van der Waals surface area contributed by atoms with E-state index in [0.29, 0.717) is 11.8 Å². The van der Waals surface area contributed by atoms with Crippen LogP contribution in [0.5, 0.6) is 0 Å². The normalized spacial score (nSPS) is 16.7. The molecule has 4 nitrogen and oxygen atoms in total. The lowest BCUT2D eigenvalue weighted by Gasteiger charge is -2.26. The number of halogens is 1. The molecule has 15 heavy (non-hydrogen) atoms. The summed E-state index contributed by atoms with van der Waals surface area (Å²) in [7, 11) is 0. The van der Waals surface area contributed by atoms with Crippen LogP contribution in [0.2, 0.25) is 5.28 Å². The molecule has 1 saturated heterocycles. The van der Waals surface area contributed by atoms with Gasteiger partial charge >= 0.3 is 0 Å². The number of likely N-dealkylation sites (tertiary alicyclic amines) is 1. The van der Waals surface area contributed by atoms with E-state index in [9.17, 15) is 4.79 Å². The number of piperidine rings is 1. The van der Waals surface area contributed by atoms with Crippen molar-refractivity contribution in [1.82, 2.24) is 14.5 Å². The van der Waals surface area contributed by atoms with Crippen LogP contribution in [0.15, 0.2) is 12.4 Å². The fourth-order valence-corrected chi connectivity index (χ4v) is 1.99. The molecule has 0 bridgehead atoms. The second kappa shape index (κ2) is 4.66. The third-order valence-corrected chi connectivity index (χ3v) is 2.99. The number of carbonyl (C=O) groups excluding carboxylic acids is 1. The second-order valence-electron chi connectivity index (χ2n) is 3.77. The molecule has 0 saturated carbocycles. The Bertz CT molecular complexity index is 344. The number of nitrogens with zero attached hydrogens (tertiary/aromatic N) is 3. The highest BCUT2D eigenvalue weighted by Crippen LogP contribution is 2.11. The Morgan fingerprint density at radius 2 is 2.13 bits per heavy atom. The molecule has 0 N–H and O–H groups in total. The molecule has 1 aromatic rings. The van der Waals surface area contributed by atoms with Gasteiger partial charge in [-0.15, -0.1) is 0 Å². The molecule has 0 atom stereocenters. The Morgan fingerprint density at radius 3 is 2.73 bits per heavy atom. The highest BCUT2D eigenvalue weighted by atomic mass is 35.5. The van der Waals surface area contributed by atoms with Crippen molar-refractivity contribution < 1.29 is 4.79 Å². The monoisotopic (exact) mass is 227 g/mol. The van der Waals surface area contributed by atoms with Crippen molar-refractivity contribution in [1.29, 1.82) is 0 Å². The molecular weight excluding hydrogens is 214 g/mol. The van der Waals surface area contributed by atoms with Gasteiger partial charge in [0, 0.05) is 25.5 Å². The molecule has 0 aromatic carbocycles. The summed E-state index contributed by atoms with van der Waals surface area (Å²) >= 11 is 5.80. The number of aromatic nitrogens is 2. The second-order valence-corrected chi connectivity index (χ2v) is 4.10. The van der Waals surface area contributed by atoms with Gasteiger partial charge in [0.2, 0.25) is 11.2 Å². The highest BCUT2D eigenvalue weighted by Gasteiger charge is 2.17. The minimum absolute atomic E-state index is 0.134. The number of carbonyl (C=O) groups is 1. The molecule has 0 unspecified atom stereocenters. The number of hydrogen-bond donors (Lipinski definition) is 0. The molecule has 1 aliphatic heterocycles. The van der Waals surface area contributed by atoms with Crippen LogP contribution in [0.25, 0.3) is 0 Å². The standard InChI is InChI=1S/C10H14ClN3O/c11-10-12-4-7-14(10)8-9(15)13-5-2-1-3-6-13/h4,7H,1-3,5-6,8H2. The summed E-state index contributed by atoms with van der Waals surface area (Å²) in [5.74, 6) is 0.134. The van der Waals surface area contributed by atoms with E-state index in [2.05, 4.69) is 4.98 Å². The molecule has 2 heterocycles. The zero-order chi connectivity index (χ0) is 10.7. The molecule has 1 aromatic heterocycles. The predicted octanol–water partition coefficient (Wildman–Crippen LogP) is 1.55. The largest absolute Gasteiger partial charge is 0.341 e. The molecule has 2 rings (SSSR count). The first-order valence-electron chi connectivity index (χ1n) is 5.22. The van der Waals surface area contributed by atoms with Crippen molar-refractivity contribution in [2.45, 2.75) is 25.8 Å². The van der Waals surface area contributed by atoms with Crippen molar-refractivity contribution in [2.24, 2.45) is 0 Å². The third kappa shape index (κ3) is 2.50. The van der Waals surface area contributed by atoms with E-state index in [-0.39, 0.29) is 5.91 Å². The minimum Gasteiger partial charge on any atom is -0.341 e. The summed E-state index contributed by atoms with van der Waals surface area (Å²) in [4.78, 5) is 17.6. The van der Waals surface area contributed by atoms with Gasteiger partial charge in [-0.2, -0.15) is 0 Å². The lowest BCUT2D eigenvalue weighted by molar-refractivity contribution is -0.132. The van der Waals surface area contributed by atoms with Crippen LogP contribution in [0.3, 0.4) is 0 Å². The molecule has 82 valence electrons. The smallest absolute Gasteiger partial charge is 0.242 e. The maximum absolute atomic E-state index is 11.8. The maximum atomic E-state index is 11.8. The average molecular weight is 228 g/mol. The van der Waals surface area contributed by atoms with E-state index in [1.54, 1.807) is 17.0 Å². The van der Waals surface area contributed by atoms with Gasteiger partial charge in [-0.1, -0.05) is 0 Å². The maximum Gasteiger partial charge on any atom is 0.242 e. The Labute approximate surface area is 93.8 Å². The molecule has 0 spiro atoms. The van der Waals surface area contributed by atoms with Crippen molar-refractivity contribution >= 4 is 17.5 Å². The zero-order valence-electron chi connectivity index (χ0n) is 8.53. The Morgan fingerprint density at radius 1 is 1.40 bits per heavy atom. The number of hydrogen-bond acceptors (Lipinski definition) is 2. The molecule has 0 radical (unpaired) electrons. The van der Waals surface area contributed by atoms with Gasteiger partial charge < -0.3 is 9.47 Å². The first-order chi connectivity index (χ1) is 7.27. The summed E-state index contributed by atoms with van der Waals surface area (Å²) in [6.07, 6.45) is 6.79. The van der Waals surface area contributed by atoms with E-state index in [4.69, 9.17) is 11.6 Å². The first-order valence-corrected chi connectivity index (χ1v) is 5.59. The van der Waals surface area contributed by atoms with Crippen LogP contribution in [0.4, 0.5) is 0 Å². The van der Waals surface area contributed by atoms with E-state index in [1.165, 1.54) is 6.42 Å². The van der Waals surface area contributed by atoms with E-state index < -0.39 is 0 Å². The Kier molecular flexibility index (Phi) is 3.26. The number of amides is 1. The van der Waals surface area contributed by atoms with E-state index >= 15 is 0 Å². The number of imidazole rings is 1. The summed E-state index contributed by atoms with van der Waals surface area (Å²) in [5.41, 5.74) is 0. The fourth-order valence-electron chi connectivity index (χ4n) is 1.82. The van der Waals surface area contributed by atoms with Crippen LogP contribution < -0.4 is 0 Å². The first kappa shape index (κ1) is 10.5. The lowest BCUT2D eigenvalue weighted by Crippen LogP contribution is -2.37.